The number of nitrogens with zero attached hydrogens (tertiary/aromatic N) is 2. The smallest absolute Gasteiger partial charge is 0.416 e. The fourth-order valence-corrected chi connectivity index (χ4v) is 4.26. The van der Waals surface area contributed by atoms with Gasteiger partial charge in [-0.2, -0.15) is 18.4 Å². The fourth-order valence-electron chi connectivity index (χ4n) is 2.42. The number of hydrogen-bond acceptors (Lipinski definition) is 5. The Morgan fingerprint density at radius 2 is 2.00 bits per heavy atom. The lowest BCUT2D eigenvalue weighted by Crippen LogP contribution is -2.04. The van der Waals surface area contributed by atoms with Crippen LogP contribution in [0, 0.1) is 18.3 Å². The minimum absolute atomic E-state index is 0.121. The van der Waals surface area contributed by atoms with Gasteiger partial charge in [-0.3, -0.25) is 0 Å². The molecule has 3 aromatic rings. The van der Waals surface area contributed by atoms with Crippen molar-refractivity contribution in [1.29, 1.82) is 5.26 Å². The van der Waals surface area contributed by atoms with Gasteiger partial charge in [-0.15, -0.1) is 11.3 Å². The number of aromatic carboxylic acids is 1. The first kappa shape index (κ1) is 19.9. The van der Waals surface area contributed by atoms with E-state index in [1.165, 1.54) is 12.1 Å². The van der Waals surface area contributed by atoms with E-state index in [0.717, 1.165) is 35.2 Å². The van der Waals surface area contributed by atoms with Gasteiger partial charge < -0.3 is 5.11 Å². The van der Waals surface area contributed by atoms with Crippen molar-refractivity contribution >= 4 is 29.1 Å². The van der Waals surface area contributed by atoms with Crippen LogP contribution in [0.2, 0.25) is 0 Å². The number of aromatic nitrogens is 1. The number of carbonyl (C=O) groups is 1. The van der Waals surface area contributed by atoms with Crippen molar-refractivity contribution in [2.45, 2.75) is 22.9 Å². The summed E-state index contributed by atoms with van der Waals surface area (Å²) in [5, 5.41) is 19.1. The van der Waals surface area contributed by atoms with Crippen LogP contribution in [0.5, 0.6) is 0 Å². The SMILES string of the molecule is Cc1nc(-c2ccc(Sc3cccc(C(F)(F)F)c3)c(C#N)c2)sc1C(=O)O. The highest BCUT2D eigenvalue weighted by Gasteiger charge is 2.30. The van der Waals surface area contributed by atoms with Crippen molar-refractivity contribution in [3.8, 4) is 16.6 Å². The molecule has 9 heteroatoms. The molecule has 2 aromatic carbocycles. The molecular formula is C19H11F3N2O2S2. The molecule has 0 aliphatic rings. The van der Waals surface area contributed by atoms with Crippen molar-refractivity contribution in [1.82, 2.24) is 4.98 Å². The van der Waals surface area contributed by atoms with Gasteiger partial charge in [0.25, 0.3) is 0 Å². The third-order valence-electron chi connectivity index (χ3n) is 3.73. The van der Waals surface area contributed by atoms with Crippen LogP contribution in [0.4, 0.5) is 13.2 Å². The summed E-state index contributed by atoms with van der Waals surface area (Å²) < 4.78 is 38.6. The summed E-state index contributed by atoms with van der Waals surface area (Å²) in [6.45, 7) is 1.59. The summed E-state index contributed by atoms with van der Waals surface area (Å²) in [4.78, 5) is 16.4. The predicted molar refractivity (Wildman–Crippen MR) is 99.5 cm³/mol. The van der Waals surface area contributed by atoms with E-state index < -0.39 is 17.7 Å². The number of benzene rings is 2. The van der Waals surface area contributed by atoms with Crippen molar-refractivity contribution in [2.24, 2.45) is 0 Å². The number of hydrogen-bond donors (Lipinski definition) is 1. The Bertz CT molecular complexity index is 1100. The lowest BCUT2D eigenvalue weighted by Gasteiger charge is -2.09. The number of carboxylic acid groups (broad SMARTS) is 1. The predicted octanol–water partition coefficient (Wildman–Crippen LogP) is 5.86. The van der Waals surface area contributed by atoms with Gasteiger partial charge in [-0.25, -0.2) is 9.78 Å². The van der Waals surface area contributed by atoms with Crippen LogP contribution >= 0.6 is 23.1 Å². The molecule has 0 atom stereocenters. The fraction of sp³-hybridized carbons (Fsp3) is 0.105. The quantitative estimate of drug-likeness (QED) is 0.572. The average Bonchev–Trinajstić information content (AvgIpc) is 3.03. The van der Waals surface area contributed by atoms with Crippen molar-refractivity contribution in [3.05, 3.63) is 64.2 Å². The summed E-state index contributed by atoms with van der Waals surface area (Å²) in [7, 11) is 0. The van der Waals surface area contributed by atoms with Gasteiger partial charge in [-0.1, -0.05) is 23.9 Å². The second-order valence-electron chi connectivity index (χ2n) is 5.69. The largest absolute Gasteiger partial charge is 0.477 e. The molecule has 0 saturated carbocycles. The molecule has 0 spiro atoms. The maximum absolute atomic E-state index is 12.9. The van der Waals surface area contributed by atoms with E-state index in [2.05, 4.69) is 4.98 Å². The topological polar surface area (TPSA) is 74.0 Å². The van der Waals surface area contributed by atoms with Crippen LogP contribution in [0.25, 0.3) is 10.6 Å². The van der Waals surface area contributed by atoms with Gasteiger partial charge in [0.2, 0.25) is 0 Å². The molecule has 1 heterocycles. The van der Waals surface area contributed by atoms with Crippen LogP contribution < -0.4 is 0 Å². The lowest BCUT2D eigenvalue weighted by atomic mass is 10.1. The molecular weight excluding hydrogens is 409 g/mol. The number of rotatable bonds is 4. The van der Waals surface area contributed by atoms with Gasteiger partial charge in [-0.05, 0) is 37.3 Å². The number of thiazole rings is 1. The molecule has 4 nitrogen and oxygen atoms in total. The Balaban J connectivity index is 1.94. The Morgan fingerprint density at radius 1 is 1.25 bits per heavy atom. The van der Waals surface area contributed by atoms with E-state index in [4.69, 9.17) is 5.11 Å². The highest BCUT2D eigenvalue weighted by Crippen LogP contribution is 2.37. The van der Waals surface area contributed by atoms with E-state index in [1.54, 1.807) is 25.1 Å². The zero-order chi connectivity index (χ0) is 20.5. The molecule has 0 bridgehead atoms. The summed E-state index contributed by atoms with van der Waals surface area (Å²) in [6, 6.07) is 11.8. The minimum Gasteiger partial charge on any atom is -0.477 e. The monoisotopic (exact) mass is 420 g/mol. The van der Waals surface area contributed by atoms with Crippen LogP contribution in [0.3, 0.4) is 0 Å². The second kappa shape index (κ2) is 7.66. The van der Waals surface area contributed by atoms with Crippen LogP contribution in [-0.4, -0.2) is 16.1 Å². The lowest BCUT2D eigenvalue weighted by molar-refractivity contribution is -0.137. The van der Waals surface area contributed by atoms with Crippen LogP contribution in [0.15, 0.2) is 52.3 Å². The van der Waals surface area contributed by atoms with Crippen molar-refractivity contribution in [3.63, 3.8) is 0 Å². The van der Waals surface area contributed by atoms with Crippen LogP contribution in [-0.2, 0) is 6.18 Å². The van der Waals surface area contributed by atoms with E-state index in [1.807, 2.05) is 6.07 Å². The van der Waals surface area contributed by atoms with E-state index in [9.17, 15) is 23.2 Å². The standard InChI is InChI=1S/C19H11F3N2O2S2/c1-10-16(18(25)26)28-17(24-10)11-5-6-15(12(7-11)9-23)27-14-4-2-3-13(8-14)19(20,21)22/h2-8H,1H3,(H,25,26). The number of halogens is 3. The second-order valence-corrected chi connectivity index (χ2v) is 7.80. The van der Waals surface area contributed by atoms with E-state index >= 15 is 0 Å². The Morgan fingerprint density at radius 3 is 2.61 bits per heavy atom. The Hall–Kier alpha value is -2.83. The van der Waals surface area contributed by atoms with Gasteiger partial charge in [0.05, 0.1) is 16.8 Å². The molecule has 0 aliphatic carbocycles. The Kier molecular flexibility index (Phi) is 5.45. The van der Waals surface area contributed by atoms with E-state index in [0.29, 0.717) is 26.1 Å². The van der Waals surface area contributed by atoms with Gasteiger partial charge in [0.1, 0.15) is 16.0 Å². The number of aryl methyl sites for hydroxylation is 1. The third-order valence-corrected chi connectivity index (χ3v) is 5.99. The first-order valence-corrected chi connectivity index (χ1v) is 9.42. The van der Waals surface area contributed by atoms with Gasteiger partial charge in [0.15, 0.2) is 0 Å². The van der Waals surface area contributed by atoms with E-state index in [-0.39, 0.29) is 10.4 Å². The molecule has 0 unspecified atom stereocenters. The zero-order valence-electron chi connectivity index (χ0n) is 14.2. The maximum atomic E-state index is 12.9. The number of carboxylic acids is 1. The van der Waals surface area contributed by atoms with Gasteiger partial charge >= 0.3 is 12.1 Å². The zero-order valence-corrected chi connectivity index (χ0v) is 15.9. The summed E-state index contributed by atoms with van der Waals surface area (Å²) in [5.74, 6) is -1.07. The molecule has 142 valence electrons. The first-order valence-electron chi connectivity index (χ1n) is 7.79. The first-order chi connectivity index (χ1) is 13.2. The molecule has 0 aliphatic heterocycles. The highest BCUT2D eigenvalue weighted by atomic mass is 32.2. The number of nitriles is 1. The molecule has 0 amide bonds. The maximum Gasteiger partial charge on any atom is 0.416 e. The molecule has 28 heavy (non-hydrogen) atoms. The number of alkyl halides is 3. The van der Waals surface area contributed by atoms with Crippen molar-refractivity contribution in [2.75, 3.05) is 0 Å². The molecule has 1 aromatic heterocycles. The Labute approximate surface area is 166 Å². The molecule has 0 fully saturated rings. The van der Waals surface area contributed by atoms with Crippen molar-refractivity contribution < 1.29 is 23.1 Å². The van der Waals surface area contributed by atoms with Gasteiger partial charge in [0, 0.05) is 15.4 Å². The van der Waals surface area contributed by atoms with Crippen LogP contribution in [0.1, 0.15) is 26.5 Å². The normalized spacial score (nSPS) is 11.2. The summed E-state index contributed by atoms with van der Waals surface area (Å²) in [5.41, 5.74) is 0.468. The molecule has 1 N–H and O–H groups in total. The molecule has 0 saturated heterocycles. The molecule has 0 radical (unpaired) electrons. The highest BCUT2D eigenvalue weighted by molar-refractivity contribution is 7.99. The average molecular weight is 420 g/mol. The third kappa shape index (κ3) is 4.18. The summed E-state index contributed by atoms with van der Waals surface area (Å²) in [6.07, 6.45) is -4.44. The molecule has 3 rings (SSSR count). The summed E-state index contributed by atoms with van der Waals surface area (Å²) >= 11 is 2.06. The minimum atomic E-state index is -4.44.